The van der Waals surface area contributed by atoms with Crippen molar-refractivity contribution in [3.05, 3.63) is 34.3 Å². The number of hydrogen-bond donors (Lipinski definition) is 0. The number of rotatable bonds is 1. The Labute approximate surface area is 79.4 Å². The van der Waals surface area contributed by atoms with E-state index in [4.69, 9.17) is 4.74 Å². The van der Waals surface area contributed by atoms with E-state index in [0.29, 0.717) is 6.61 Å². The summed E-state index contributed by atoms with van der Waals surface area (Å²) in [5.74, 6) is 0. The second-order valence-electron chi connectivity index (χ2n) is 2.66. The average Bonchev–Trinajstić information content (AvgIpc) is 2.58. The van der Waals surface area contributed by atoms with Gasteiger partial charge in [-0.3, -0.25) is 0 Å². The molecule has 0 aromatic heterocycles. The smallest absolute Gasteiger partial charge is 0.170 e. The standard InChI is InChI=1S/C9H8BrNO/c10-8-3-1-7(2-4-8)9-5-12-6-11-9/h1-4,6,9H,5H2. The zero-order valence-corrected chi connectivity index (χ0v) is 7.99. The summed E-state index contributed by atoms with van der Waals surface area (Å²) in [6, 6.07) is 8.34. The molecule has 0 fully saturated rings. The van der Waals surface area contributed by atoms with Crippen molar-refractivity contribution < 1.29 is 4.74 Å². The minimum Gasteiger partial charge on any atom is -0.481 e. The van der Waals surface area contributed by atoms with Gasteiger partial charge in [0.1, 0.15) is 12.6 Å². The first-order valence-corrected chi connectivity index (χ1v) is 4.54. The van der Waals surface area contributed by atoms with Gasteiger partial charge in [0.25, 0.3) is 0 Å². The molecule has 1 heterocycles. The van der Waals surface area contributed by atoms with Crippen molar-refractivity contribution in [2.45, 2.75) is 6.04 Å². The molecule has 0 saturated carbocycles. The van der Waals surface area contributed by atoms with Gasteiger partial charge in [-0.2, -0.15) is 0 Å². The maximum atomic E-state index is 5.04. The minimum atomic E-state index is 0.193. The van der Waals surface area contributed by atoms with Crippen molar-refractivity contribution in [2.24, 2.45) is 4.99 Å². The van der Waals surface area contributed by atoms with Gasteiger partial charge in [-0.05, 0) is 17.7 Å². The number of ether oxygens (including phenoxy) is 1. The summed E-state index contributed by atoms with van der Waals surface area (Å²) >= 11 is 3.38. The van der Waals surface area contributed by atoms with Crippen LogP contribution in [0.2, 0.25) is 0 Å². The van der Waals surface area contributed by atoms with Crippen molar-refractivity contribution in [3.8, 4) is 0 Å². The molecule has 3 heteroatoms. The molecule has 0 aliphatic carbocycles. The number of benzene rings is 1. The third-order valence-corrected chi connectivity index (χ3v) is 2.35. The number of nitrogens with zero attached hydrogens (tertiary/aromatic N) is 1. The molecule has 12 heavy (non-hydrogen) atoms. The Balaban J connectivity index is 2.23. The summed E-state index contributed by atoms with van der Waals surface area (Å²) in [4.78, 5) is 4.17. The molecule has 0 radical (unpaired) electrons. The summed E-state index contributed by atoms with van der Waals surface area (Å²) < 4.78 is 6.13. The van der Waals surface area contributed by atoms with Crippen molar-refractivity contribution >= 4 is 22.3 Å². The van der Waals surface area contributed by atoms with Crippen LogP contribution in [-0.4, -0.2) is 13.0 Å². The average molecular weight is 226 g/mol. The number of aliphatic imine (C=N–C) groups is 1. The Hall–Kier alpha value is -0.830. The van der Waals surface area contributed by atoms with Crippen LogP contribution in [0, 0.1) is 0 Å². The highest BCUT2D eigenvalue weighted by Gasteiger charge is 2.13. The molecule has 0 spiro atoms. The first-order chi connectivity index (χ1) is 5.86. The van der Waals surface area contributed by atoms with Gasteiger partial charge in [-0.25, -0.2) is 4.99 Å². The molecule has 0 amide bonds. The summed E-state index contributed by atoms with van der Waals surface area (Å²) in [5.41, 5.74) is 1.20. The first kappa shape index (κ1) is 7.80. The second-order valence-corrected chi connectivity index (χ2v) is 3.57. The van der Waals surface area contributed by atoms with Crippen LogP contribution >= 0.6 is 15.9 Å². The summed E-state index contributed by atoms with van der Waals surface area (Å²) in [6.07, 6.45) is 1.52. The van der Waals surface area contributed by atoms with Gasteiger partial charge in [0, 0.05) is 4.47 Å². The molecule has 1 unspecified atom stereocenters. The molecular formula is C9H8BrNO. The highest BCUT2D eigenvalue weighted by atomic mass is 79.9. The molecule has 1 aromatic rings. The van der Waals surface area contributed by atoms with Gasteiger partial charge in [-0.15, -0.1) is 0 Å². The van der Waals surface area contributed by atoms with Gasteiger partial charge < -0.3 is 4.74 Å². The zero-order valence-electron chi connectivity index (χ0n) is 6.40. The van der Waals surface area contributed by atoms with Crippen LogP contribution in [0.3, 0.4) is 0 Å². The third-order valence-electron chi connectivity index (χ3n) is 1.82. The van der Waals surface area contributed by atoms with E-state index in [9.17, 15) is 0 Å². The van der Waals surface area contributed by atoms with Crippen LogP contribution in [0.4, 0.5) is 0 Å². The normalized spacial score (nSPS) is 20.9. The fraction of sp³-hybridized carbons (Fsp3) is 0.222. The molecular weight excluding hydrogens is 218 g/mol. The summed E-state index contributed by atoms with van der Waals surface area (Å²) in [6.45, 7) is 0.668. The topological polar surface area (TPSA) is 21.6 Å². The monoisotopic (exact) mass is 225 g/mol. The lowest BCUT2D eigenvalue weighted by Gasteiger charge is -2.04. The predicted molar refractivity (Wildman–Crippen MR) is 51.3 cm³/mol. The van der Waals surface area contributed by atoms with Crippen LogP contribution in [0.15, 0.2) is 33.7 Å². The Bertz CT molecular complexity index is 294. The predicted octanol–water partition coefficient (Wildman–Crippen LogP) is 2.55. The first-order valence-electron chi connectivity index (χ1n) is 3.75. The van der Waals surface area contributed by atoms with Crippen LogP contribution in [0.5, 0.6) is 0 Å². The fourth-order valence-corrected chi connectivity index (χ4v) is 1.43. The van der Waals surface area contributed by atoms with Crippen LogP contribution in [0.1, 0.15) is 11.6 Å². The molecule has 1 aromatic carbocycles. The molecule has 62 valence electrons. The SMILES string of the molecule is Brc1ccc(C2COC=N2)cc1. The third kappa shape index (κ3) is 1.50. The maximum absolute atomic E-state index is 5.04. The quantitative estimate of drug-likeness (QED) is 0.721. The minimum absolute atomic E-state index is 0.193. The molecule has 0 bridgehead atoms. The van der Waals surface area contributed by atoms with Gasteiger partial charge in [0.05, 0.1) is 0 Å². The van der Waals surface area contributed by atoms with E-state index in [2.05, 4.69) is 33.1 Å². The molecule has 1 aliphatic rings. The Morgan fingerprint density at radius 1 is 1.33 bits per heavy atom. The van der Waals surface area contributed by atoms with Gasteiger partial charge in [-0.1, -0.05) is 28.1 Å². The Kier molecular flexibility index (Phi) is 2.13. The fourth-order valence-electron chi connectivity index (χ4n) is 1.16. The molecule has 0 N–H and O–H groups in total. The molecule has 2 nitrogen and oxygen atoms in total. The molecule has 2 rings (SSSR count). The zero-order chi connectivity index (χ0) is 8.39. The second kappa shape index (κ2) is 3.27. The molecule has 0 saturated heterocycles. The highest BCUT2D eigenvalue weighted by Crippen LogP contribution is 2.22. The Morgan fingerprint density at radius 2 is 2.08 bits per heavy atom. The summed E-state index contributed by atoms with van der Waals surface area (Å²) in [5, 5.41) is 0. The highest BCUT2D eigenvalue weighted by molar-refractivity contribution is 9.10. The van der Waals surface area contributed by atoms with Crippen molar-refractivity contribution in [3.63, 3.8) is 0 Å². The Morgan fingerprint density at radius 3 is 2.67 bits per heavy atom. The van der Waals surface area contributed by atoms with Gasteiger partial charge in [0.15, 0.2) is 6.40 Å². The van der Waals surface area contributed by atoms with Gasteiger partial charge in [0.2, 0.25) is 0 Å². The van der Waals surface area contributed by atoms with Crippen molar-refractivity contribution in [2.75, 3.05) is 6.61 Å². The van der Waals surface area contributed by atoms with E-state index in [1.54, 1.807) is 0 Å². The van der Waals surface area contributed by atoms with E-state index < -0.39 is 0 Å². The number of hydrogen-bond acceptors (Lipinski definition) is 2. The van der Waals surface area contributed by atoms with Gasteiger partial charge >= 0.3 is 0 Å². The molecule has 1 aliphatic heterocycles. The van der Waals surface area contributed by atoms with E-state index in [-0.39, 0.29) is 6.04 Å². The maximum Gasteiger partial charge on any atom is 0.170 e. The van der Waals surface area contributed by atoms with E-state index in [1.165, 1.54) is 12.0 Å². The van der Waals surface area contributed by atoms with E-state index >= 15 is 0 Å². The van der Waals surface area contributed by atoms with Crippen LogP contribution in [-0.2, 0) is 4.74 Å². The molecule has 1 atom stereocenters. The van der Waals surface area contributed by atoms with Crippen LogP contribution < -0.4 is 0 Å². The largest absolute Gasteiger partial charge is 0.481 e. The lowest BCUT2D eigenvalue weighted by atomic mass is 10.1. The van der Waals surface area contributed by atoms with E-state index in [0.717, 1.165) is 4.47 Å². The number of halogens is 1. The lowest BCUT2D eigenvalue weighted by molar-refractivity contribution is 0.330. The lowest BCUT2D eigenvalue weighted by Crippen LogP contribution is -1.96. The van der Waals surface area contributed by atoms with Crippen molar-refractivity contribution in [1.29, 1.82) is 0 Å². The van der Waals surface area contributed by atoms with Crippen molar-refractivity contribution in [1.82, 2.24) is 0 Å². The van der Waals surface area contributed by atoms with Crippen LogP contribution in [0.25, 0.3) is 0 Å². The summed E-state index contributed by atoms with van der Waals surface area (Å²) in [7, 11) is 0. The van der Waals surface area contributed by atoms with E-state index in [1.807, 2.05) is 12.1 Å².